The van der Waals surface area contributed by atoms with Crippen LogP contribution < -0.4 is 10.1 Å². The first-order chi connectivity index (χ1) is 17.6. The third-order valence-electron chi connectivity index (χ3n) is 5.58. The highest BCUT2D eigenvalue weighted by molar-refractivity contribution is 7.16. The van der Waals surface area contributed by atoms with E-state index in [1.165, 1.54) is 41.9 Å². The lowest BCUT2D eigenvalue weighted by atomic mass is 10.0. The molecule has 37 heavy (non-hydrogen) atoms. The van der Waals surface area contributed by atoms with Gasteiger partial charge in [0.2, 0.25) is 0 Å². The van der Waals surface area contributed by atoms with E-state index in [1.807, 2.05) is 17.5 Å². The van der Waals surface area contributed by atoms with E-state index in [9.17, 15) is 23.1 Å². The van der Waals surface area contributed by atoms with Crippen LogP contribution in [0.15, 0.2) is 48.0 Å². The summed E-state index contributed by atoms with van der Waals surface area (Å²) >= 11 is 2.80. The Labute approximate surface area is 219 Å². The number of thiazole rings is 1. The molecule has 1 aromatic carbocycles. The molecule has 0 aliphatic rings. The summed E-state index contributed by atoms with van der Waals surface area (Å²) in [4.78, 5) is 22.7. The summed E-state index contributed by atoms with van der Waals surface area (Å²) in [5, 5.41) is 15.1. The highest BCUT2D eigenvalue weighted by Crippen LogP contribution is 2.41. The number of thiophene rings is 1. The first-order valence-electron chi connectivity index (χ1n) is 11.4. The number of methoxy groups -OCH3 is 1. The largest absolute Gasteiger partial charge is 0.496 e. The molecule has 0 saturated heterocycles. The van der Waals surface area contributed by atoms with Crippen LogP contribution in [0.3, 0.4) is 0 Å². The molecule has 4 aromatic rings. The van der Waals surface area contributed by atoms with Crippen molar-refractivity contribution in [1.82, 2.24) is 9.97 Å². The number of hydrogen-bond donors (Lipinski definition) is 2. The molecule has 0 spiro atoms. The number of rotatable bonds is 9. The number of hydrogen-bond acceptors (Lipinski definition) is 7. The monoisotopic (exact) mass is 547 g/mol. The summed E-state index contributed by atoms with van der Waals surface area (Å²) in [5.41, 5.74) is 0.812. The first kappa shape index (κ1) is 26.6. The molecule has 2 N–H and O–H groups in total. The number of ether oxygens (including phenoxy) is 1. The third-order valence-corrected chi connectivity index (χ3v) is 7.53. The Kier molecular flexibility index (Phi) is 7.84. The maximum Gasteiger partial charge on any atom is 0.419 e. The Hall–Kier alpha value is -3.44. The fourth-order valence-electron chi connectivity index (χ4n) is 3.70. The maximum absolute atomic E-state index is 13.4. The van der Waals surface area contributed by atoms with E-state index < -0.39 is 17.7 Å². The molecule has 194 valence electrons. The SMILES string of the molecule is COc1cc(-c2nc(Nc3ncc(-c4cccs4)cc3C(=O)O)sc2CCC(C)C)ccc1C(F)(F)F. The molecule has 0 bridgehead atoms. The first-order valence-corrected chi connectivity index (χ1v) is 13.1. The normalized spacial score (nSPS) is 11.6. The van der Waals surface area contributed by atoms with E-state index in [0.717, 1.165) is 22.2 Å². The number of benzene rings is 1. The molecule has 0 amide bonds. The van der Waals surface area contributed by atoms with Crippen molar-refractivity contribution < 1.29 is 27.8 Å². The average molecular weight is 548 g/mol. The molecular formula is C26H24F3N3O3S2. The molecule has 3 aromatic heterocycles. The fourth-order valence-corrected chi connectivity index (χ4v) is 5.41. The van der Waals surface area contributed by atoms with Gasteiger partial charge in [-0.3, -0.25) is 0 Å². The molecule has 0 aliphatic heterocycles. The number of anilines is 2. The smallest absolute Gasteiger partial charge is 0.419 e. The van der Waals surface area contributed by atoms with Crippen molar-refractivity contribution in [3.63, 3.8) is 0 Å². The second kappa shape index (κ2) is 10.9. The summed E-state index contributed by atoms with van der Waals surface area (Å²) in [6.07, 6.45) is -1.45. The minimum Gasteiger partial charge on any atom is -0.496 e. The number of halogens is 3. The lowest BCUT2D eigenvalue weighted by molar-refractivity contribution is -0.138. The molecule has 0 unspecified atom stereocenters. The van der Waals surface area contributed by atoms with E-state index in [1.54, 1.807) is 12.3 Å². The van der Waals surface area contributed by atoms with Gasteiger partial charge in [-0.05, 0) is 48.4 Å². The summed E-state index contributed by atoms with van der Waals surface area (Å²) < 4.78 is 45.1. The van der Waals surface area contributed by atoms with Crippen LogP contribution in [-0.4, -0.2) is 28.2 Å². The minimum atomic E-state index is -4.55. The number of aryl methyl sites for hydroxylation is 1. The van der Waals surface area contributed by atoms with Gasteiger partial charge >= 0.3 is 12.1 Å². The number of carbonyl (C=O) groups is 1. The number of aromatic nitrogens is 2. The van der Waals surface area contributed by atoms with Gasteiger partial charge in [-0.15, -0.1) is 22.7 Å². The highest BCUT2D eigenvalue weighted by atomic mass is 32.1. The van der Waals surface area contributed by atoms with Crippen LogP contribution in [-0.2, 0) is 12.6 Å². The number of alkyl halides is 3. The third kappa shape index (κ3) is 6.11. The summed E-state index contributed by atoms with van der Waals surface area (Å²) in [6.45, 7) is 4.17. The Bertz CT molecular complexity index is 1400. The Morgan fingerprint density at radius 1 is 1.19 bits per heavy atom. The number of nitrogens with one attached hydrogen (secondary N) is 1. The zero-order valence-electron chi connectivity index (χ0n) is 20.2. The molecule has 4 rings (SSSR count). The van der Waals surface area contributed by atoms with Crippen LogP contribution in [0, 0.1) is 5.92 Å². The predicted molar refractivity (Wildman–Crippen MR) is 140 cm³/mol. The summed E-state index contributed by atoms with van der Waals surface area (Å²) in [5.74, 6) is -0.897. The van der Waals surface area contributed by atoms with E-state index >= 15 is 0 Å². The van der Waals surface area contributed by atoms with Gasteiger partial charge in [0.1, 0.15) is 17.1 Å². The number of aromatic carboxylic acids is 1. The summed E-state index contributed by atoms with van der Waals surface area (Å²) in [7, 11) is 1.20. The van der Waals surface area contributed by atoms with Gasteiger partial charge in [-0.25, -0.2) is 14.8 Å². The molecule has 0 aliphatic carbocycles. The number of nitrogens with zero attached hydrogens (tertiary/aromatic N) is 2. The van der Waals surface area contributed by atoms with Gasteiger partial charge < -0.3 is 15.2 Å². The molecule has 11 heteroatoms. The molecule has 0 fully saturated rings. The molecular weight excluding hydrogens is 523 g/mol. The number of pyridine rings is 1. The number of carboxylic acids is 1. The van der Waals surface area contributed by atoms with Crippen molar-refractivity contribution in [2.75, 3.05) is 12.4 Å². The molecule has 0 radical (unpaired) electrons. The van der Waals surface area contributed by atoms with Gasteiger partial charge in [0.15, 0.2) is 5.13 Å². The van der Waals surface area contributed by atoms with Gasteiger partial charge in [0.05, 0.1) is 18.4 Å². The van der Waals surface area contributed by atoms with Gasteiger partial charge in [-0.1, -0.05) is 26.0 Å². The highest BCUT2D eigenvalue weighted by Gasteiger charge is 2.34. The van der Waals surface area contributed by atoms with Crippen molar-refractivity contribution in [1.29, 1.82) is 0 Å². The minimum absolute atomic E-state index is 0.0115. The number of carboxylic acid groups (broad SMARTS) is 1. The van der Waals surface area contributed by atoms with Crippen LogP contribution in [0.5, 0.6) is 5.75 Å². The van der Waals surface area contributed by atoms with Crippen molar-refractivity contribution in [3.8, 4) is 27.4 Å². The van der Waals surface area contributed by atoms with E-state index in [-0.39, 0.29) is 17.1 Å². The van der Waals surface area contributed by atoms with Crippen molar-refractivity contribution in [2.45, 2.75) is 32.9 Å². The van der Waals surface area contributed by atoms with Gasteiger partial charge in [0.25, 0.3) is 0 Å². The lowest BCUT2D eigenvalue weighted by Gasteiger charge is -2.13. The fraction of sp³-hybridized carbons (Fsp3) is 0.269. The zero-order valence-corrected chi connectivity index (χ0v) is 21.9. The quantitative estimate of drug-likeness (QED) is 0.221. The standard InChI is InChI=1S/C26H24F3N3O3S2/c1-14(2)6-9-21-22(15-7-8-18(26(27,28)29)19(12-15)35-3)31-25(37-21)32-23-17(24(33)34)11-16(13-30-23)20-5-4-10-36-20/h4-5,7-8,10-14H,6,9H2,1-3H3,(H,33,34)(H,30,31,32). The second-order valence-corrected chi connectivity index (χ2v) is 10.7. The van der Waals surface area contributed by atoms with Crippen LogP contribution in [0.4, 0.5) is 24.1 Å². The van der Waals surface area contributed by atoms with Crippen LogP contribution in [0.2, 0.25) is 0 Å². The Morgan fingerprint density at radius 2 is 1.97 bits per heavy atom. The van der Waals surface area contributed by atoms with Crippen molar-refractivity contribution in [3.05, 3.63) is 64.0 Å². The predicted octanol–water partition coefficient (Wildman–Crippen LogP) is 7.99. The Morgan fingerprint density at radius 3 is 2.59 bits per heavy atom. The molecule has 3 heterocycles. The van der Waals surface area contributed by atoms with Gasteiger partial charge in [-0.2, -0.15) is 13.2 Å². The van der Waals surface area contributed by atoms with Crippen LogP contribution in [0.1, 0.15) is 41.1 Å². The lowest BCUT2D eigenvalue weighted by Crippen LogP contribution is -2.07. The second-order valence-electron chi connectivity index (χ2n) is 8.66. The summed E-state index contributed by atoms with van der Waals surface area (Å²) in [6, 6.07) is 9.00. The van der Waals surface area contributed by atoms with E-state index in [4.69, 9.17) is 4.74 Å². The van der Waals surface area contributed by atoms with Crippen LogP contribution >= 0.6 is 22.7 Å². The van der Waals surface area contributed by atoms with E-state index in [0.29, 0.717) is 34.3 Å². The topological polar surface area (TPSA) is 84.3 Å². The molecule has 6 nitrogen and oxygen atoms in total. The Balaban J connectivity index is 1.73. The van der Waals surface area contributed by atoms with Crippen LogP contribution in [0.25, 0.3) is 21.7 Å². The van der Waals surface area contributed by atoms with E-state index in [2.05, 4.69) is 29.1 Å². The zero-order chi connectivity index (χ0) is 26.7. The average Bonchev–Trinajstić information content (AvgIpc) is 3.52. The molecule has 0 atom stereocenters. The van der Waals surface area contributed by atoms with Gasteiger partial charge in [0, 0.05) is 27.1 Å². The maximum atomic E-state index is 13.4. The molecule has 0 saturated carbocycles. The van der Waals surface area contributed by atoms with Crippen molar-refractivity contribution in [2.24, 2.45) is 5.92 Å². The van der Waals surface area contributed by atoms with Crippen molar-refractivity contribution >= 4 is 39.6 Å².